The summed E-state index contributed by atoms with van der Waals surface area (Å²) in [5.74, 6) is 0.277. The maximum Gasteiger partial charge on any atom is 0.238 e. The van der Waals surface area contributed by atoms with Gasteiger partial charge in [-0.15, -0.1) is 0 Å². The number of thiocarbonyl (C=S) groups is 1. The molecule has 0 bridgehead atoms. The van der Waals surface area contributed by atoms with E-state index in [1.807, 2.05) is 6.07 Å². The predicted octanol–water partition coefficient (Wildman–Crippen LogP) is 2.19. The van der Waals surface area contributed by atoms with E-state index in [0.29, 0.717) is 16.6 Å². The number of carbonyl (C=O) groups excluding carboxylic acids is 2. The van der Waals surface area contributed by atoms with E-state index in [4.69, 9.17) is 12.2 Å². The molecule has 1 aromatic rings. The zero-order chi connectivity index (χ0) is 16.4. The van der Waals surface area contributed by atoms with Crippen LogP contribution in [0.1, 0.15) is 43.5 Å². The Morgan fingerprint density at radius 2 is 1.77 bits per heavy atom. The molecular weight excluding hydrogens is 298 g/mol. The monoisotopic (exact) mass is 321 g/mol. The van der Waals surface area contributed by atoms with Crippen molar-refractivity contribution in [1.82, 2.24) is 16.2 Å². The number of ketones is 1. The molecule has 1 aromatic carbocycles. The summed E-state index contributed by atoms with van der Waals surface area (Å²) in [5.41, 5.74) is 5.73. The number of hydrogen-bond donors (Lipinski definition) is 3. The molecule has 3 N–H and O–H groups in total. The van der Waals surface area contributed by atoms with E-state index < -0.39 is 0 Å². The van der Waals surface area contributed by atoms with Gasteiger partial charge in [0.25, 0.3) is 0 Å². The summed E-state index contributed by atoms with van der Waals surface area (Å²) >= 11 is 5.03. The van der Waals surface area contributed by atoms with Crippen molar-refractivity contribution in [2.45, 2.75) is 33.1 Å². The van der Waals surface area contributed by atoms with Crippen molar-refractivity contribution < 1.29 is 9.59 Å². The molecule has 0 aromatic heterocycles. The maximum atomic E-state index is 11.9. The number of hydrogen-bond acceptors (Lipinski definition) is 3. The SMILES string of the molecule is CC(C)CCNC(=S)NNC(=O)CCC(=O)c1ccccc1. The molecule has 0 saturated carbocycles. The molecule has 0 heterocycles. The molecule has 1 rings (SSSR count). The second kappa shape index (κ2) is 9.89. The molecule has 0 spiro atoms. The van der Waals surface area contributed by atoms with Gasteiger partial charge in [-0.25, -0.2) is 0 Å². The van der Waals surface area contributed by atoms with Crippen LogP contribution < -0.4 is 16.2 Å². The molecule has 120 valence electrons. The number of nitrogens with one attached hydrogen (secondary N) is 3. The average Bonchev–Trinajstić information content (AvgIpc) is 2.51. The smallest absolute Gasteiger partial charge is 0.238 e. The standard InChI is InChI=1S/C16H23N3O2S/c1-12(2)10-11-17-16(22)19-18-15(21)9-8-14(20)13-6-4-3-5-7-13/h3-7,12H,8-11H2,1-2H3,(H,18,21)(H2,17,19,22). The summed E-state index contributed by atoms with van der Waals surface area (Å²) in [7, 11) is 0. The summed E-state index contributed by atoms with van der Waals surface area (Å²) < 4.78 is 0. The zero-order valence-electron chi connectivity index (χ0n) is 13.0. The van der Waals surface area contributed by atoms with Gasteiger partial charge in [-0.05, 0) is 24.6 Å². The van der Waals surface area contributed by atoms with Gasteiger partial charge in [0.1, 0.15) is 0 Å². The van der Waals surface area contributed by atoms with Crippen LogP contribution in [0.5, 0.6) is 0 Å². The number of carbonyl (C=O) groups is 2. The molecule has 5 nitrogen and oxygen atoms in total. The highest BCUT2D eigenvalue weighted by Crippen LogP contribution is 2.04. The first-order valence-electron chi connectivity index (χ1n) is 7.40. The van der Waals surface area contributed by atoms with Crippen LogP contribution in [-0.4, -0.2) is 23.3 Å². The third kappa shape index (κ3) is 7.73. The van der Waals surface area contributed by atoms with Crippen LogP contribution in [0.3, 0.4) is 0 Å². The molecule has 0 radical (unpaired) electrons. The Kier molecular flexibility index (Phi) is 8.14. The first-order valence-corrected chi connectivity index (χ1v) is 7.80. The minimum atomic E-state index is -0.266. The first-order chi connectivity index (χ1) is 10.5. The van der Waals surface area contributed by atoms with Crippen molar-refractivity contribution in [3.8, 4) is 0 Å². The van der Waals surface area contributed by atoms with Gasteiger partial charge >= 0.3 is 0 Å². The molecule has 6 heteroatoms. The second-order valence-corrected chi connectivity index (χ2v) is 5.81. The predicted molar refractivity (Wildman–Crippen MR) is 91.3 cm³/mol. The second-order valence-electron chi connectivity index (χ2n) is 5.40. The number of amides is 1. The normalized spacial score (nSPS) is 10.1. The molecule has 0 aliphatic heterocycles. The van der Waals surface area contributed by atoms with E-state index in [1.54, 1.807) is 24.3 Å². The zero-order valence-corrected chi connectivity index (χ0v) is 13.8. The van der Waals surface area contributed by atoms with Gasteiger partial charge in [-0.1, -0.05) is 44.2 Å². The number of benzene rings is 1. The summed E-state index contributed by atoms with van der Waals surface area (Å²) in [5, 5.41) is 3.38. The molecule has 0 aliphatic carbocycles. The van der Waals surface area contributed by atoms with Crippen molar-refractivity contribution in [3.05, 3.63) is 35.9 Å². The Morgan fingerprint density at radius 3 is 2.41 bits per heavy atom. The lowest BCUT2D eigenvalue weighted by Crippen LogP contribution is -2.47. The number of rotatable bonds is 7. The molecule has 1 amide bonds. The van der Waals surface area contributed by atoms with Crippen LogP contribution in [0.4, 0.5) is 0 Å². The van der Waals surface area contributed by atoms with Gasteiger partial charge in [0.05, 0.1) is 0 Å². The molecular formula is C16H23N3O2S. The van der Waals surface area contributed by atoms with Crippen molar-refractivity contribution in [3.63, 3.8) is 0 Å². The highest BCUT2D eigenvalue weighted by atomic mass is 32.1. The fraction of sp³-hybridized carbons (Fsp3) is 0.438. The first kappa shape index (κ1) is 18.1. The van der Waals surface area contributed by atoms with Gasteiger partial charge in [0.2, 0.25) is 5.91 Å². The van der Waals surface area contributed by atoms with E-state index in [1.165, 1.54) is 0 Å². The topological polar surface area (TPSA) is 70.2 Å². The number of hydrazine groups is 1. The third-order valence-electron chi connectivity index (χ3n) is 3.00. The van der Waals surface area contributed by atoms with E-state index in [2.05, 4.69) is 30.0 Å². The average molecular weight is 321 g/mol. The molecule has 0 unspecified atom stereocenters. The van der Waals surface area contributed by atoms with Crippen LogP contribution in [-0.2, 0) is 4.79 Å². The minimum absolute atomic E-state index is 0.0478. The maximum absolute atomic E-state index is 11.9. The number of Topliss-reactive ketones (excluding diaryl/α,β-unsaturated/α-hetero) is 1. The van der Waals surface area contributed by atoms with Crippen LogP contribution in [0, 0.1) is 5.92 Å². The Bertz CT molecular complexity index is 503. The Morgan fingerprint density at radius 1 is 1.09 bits per heavy atom. The van der Waals surface area contributed by atoms with Crippen LogP contribution in [0.15, 0.2) is 30.3 Å². The fourth-order valence-electron chi connectivity index (χ4n) is 1.70. The molecule has 0 aliphatic rings. The van der Waals surface area contributed by atoms with Gasteiger partial charge in [0, 0.05) is 24.9 Å². The molecule has 0 fully saturated rings. The van der Waals surface area contributed by atoms with Crippen molar-refractivity contribution in [1.29, 1.82) is 0 Å². The highest BCUT2D eigenvalue weighted by molar-refractivity contribution is 7.80. The minimum Gasteiger partial charge on any atom is -0.361 e. The lowest BCUT2D eigenvalue weighted by molar-refractivity contribution is -0.121. The van der Waals surface area contributed by atoms with Gasteiger partial charge in [-0.3, -0.25) is 20.4 Å². The van der Waals surface area contributed by atoms with Gasteiger partial charge < -0.3 is 5.32 Å². The Balaban J connectivity index is 2.18. The summed E-state index contributed by atoms with van der Waals surface area (Å²) in [4.78, 5) is 23.5. The van der Waals surface area contributed by atoms with E-state index in [0.717, 1.165) is 13.0 Å². The van der Waals surface area contributed by atoms with Crippen molar-refractivity contribution in [2.24, 2.45) is 5.92 Å². The summed E-state index contributed by atoms with van der Waals surface area (Å²) in [6, 6.07) is 8.94. The van der Waals surface area contributed by atoms with E-state index in [-0.39, 0.29) is 24.5 Å². The molecule has 22 heavy (non-hydrogen) atoms. The summed E-state index contributed by atoms with van der Waals surface area (Å²) in [6.07, 6.45) is 1.29. The van der Waals surface area contributed by atoms with Gasteiger partial charge in [0.15, 0.2) is 10.9 Å². The van der Waals surface area contributed by atoms with Crippen molar-refractivity contribution in [2.75, 3.05) is 6.54 Å². The van der Waals surface area contributed by atoms with Crippen LogP contribution in [0.25, 0.3) is 0 Å². The molecule has 0 atom stereocenters. The Hall–Kier alpha value is -1.95. The largest absolute Gasteiger partial charge is 0.361 e. The lowest BCUT2D eigenvalue weighted by atomic mass is 10.1. The van der Waals surface area contributed by atoms with Crippen molar-refractivity contribution >= 4 is 29.0 Å². The lowest BCUT2D eigenvalue weighted by Gasteiger charge is -2.12. The fourth-order valence-corrected chi connectivity index (χ4v) is 1.86. The summed E-state index contributed by atoms with van der Waals surface area (Å²) in [6.45, 7) is 5.01. The quantitative estimate of drug-likeness (QED) is 0.408. The van der Waals surface area contributed by atoms with Crippen LogP contribution in [0.2, 0.25) is 0 Å². The van der Waals surface area contributed by atoms with Gasteiger partial charge in [-0.2, -0.15) is 0 Å². The molecule has 0 saturated heterocycles. The van der Waals surface area contributed by atoms with Crippen LogP contribution >= 0.6 is 12.2 Å². The Labute approximate surface area is 136 Å². The third-order valence-corrected chi connectivity index (χ3v) is 3.24. The van der Waals surface area contributed by atoms with E-state index in [9.17, 15) is 9.59 Å². The highest BCUT2D eigenvalue weighted by Gasteiger charge is 2.09. The van der Waals surface area contributed by atoms with E-state index >= 15 is 0 Å².